The van der Waals surface area contributed by atoms with Gasteiger partial charge in [0.25, 0.3) is 0 Å². The summed E-state index contributed by atoms with van der Waals surface area (Å²) in [4.78, 5) is 37.1. The molecular formula is C27H38F2O6. The van der Waals surface area contributed by atoms with Crippen molar-refractivity contribution in [3.05, 3.63) is 23.8 Å². The van der Waals surface area contributed by atoms with Crippen LogP contribution in [-0.4, -0.2) is 52.7 Å². The van der Waals surface area contributed by atoms with Crippen molar-refractivity contribution in [3.63, 3.8) is 0 Å². The smallest absolute Gasteiger partial charge is 0.306 e. The Morgan fingerprint density at radius 1 is 1.23 bits per heavy atom. The van der Waals surface area contributed by atoms with Crippen molar-refractivity contribution in [1.82, 2.24) is 0 Å². The van der Waals surface area contributed by atoms with Crippen molar-refractivity contribution >= 4 is 17.5 Å². The molecule has 0 bridgehead atoms. The zero-order valence-corrected chi connectivity index (χ0v) is 21.0. The van der Waals surface area contributed by atoms with Crippen LogP contribution in [0.4, 0.5) is 8.78 Å². The van der Waals surface area contributed by atoms with Gasteiger partial charge in [-0.2, -0.15) is 0 Å². The molecule has 4 rings (SSSR count). The highest BCUT2D eigenvalue weighted by Crippen LogP contribution is 2.70. The predicted molar refractivity (Wildman–Crippen MR) is 126 cm³/mol. The van der Waals surface area contributed by atoms with Crippen LogP contribution >= 0.6 is 0 Å². The Hall–Kier alpha value is -1.93. The Kier molecular flexibility index (Phi) is 7.51. The van der Waals surface area contributed by atoms with E-state index in [4.69, 9.17) is 4.74 Å². The highest BCUT2D eigenvalue weighted by molar-refractivity contribution is 6.01. The number of ether oxygens (including phenoxy) is 1. The van der Waals surface area contributed by atoms with E-state index in [0.29, 0.717) is 12.8 Å². The predicted octanol–water partition coefficient (Wildman–Crippen LogP) is 3.65. The zero-order valence-electron chi connectivity index (χ0n) is 21.0. The summed E-state index contributed by atoms with van der Waals surface area (Å²) in [5, 5.41) is 11.3. The average Bonchev–Trinajstić information content (AvgIpc) is 3.03. The number of aliphatic hydroxyl groups is 1. The molecule has 0 unspecified atom stereocenters. The molecular weight excluding hydrogens is 458 g/mol. The van der Waals surface area contributed by atoms with Gasteiger partial charge in [0, 0.05) is 23.7 Å². The minimum absolute atomic E-state index is 0. The van der Waals surface area contributed by atoms with Gasteiger partial charge in [0.1, 0.15) is 12.8 Å². The van der Waals surface area contributed by atoms with Crippen molar-refractivity contribution in [2.45, 2.75) is 84.2 Å². The maximum atomic E-state index is 17.1. The summed E-state index contributed by atoms with van der Waals surface area (Å²) < 4.78 is 37.7. The molecule has 9 atom stereocenters. The van der Waals surface area contributed by atoms with Crippen LogP contribution in [0.2, 0.25) is 0 Å². The van der Waals surface area contributed by atoms with Crippen molar-refractivity contribution in [2.75, 3.05) is 6.61 Å². The quantitative estimate of drug-likeness (QED) is 0.564. The van der Waals surface area contributed by atoms with Gasteiger partial charge < -0.3 is 15.3 Å². The number of halogens is 2. The second-order valence-electron chi connectivity index (χ2n) is 11.4. The number of allylic oxidation sites excluding steroid dienone is 4. The van der Waals surface area contributed by atoms with Crippen molar-refractivity contribution in [2.24, 2.45) is 34.5 Å². The van der Waals surface area contributed by atoms with E-state index in [2.05, 4.69) is 0 Å². The molecule has 3 N–H and O–H groups in total. The maximum absolute atomic E-state index is 17.1. The summed E-state index contributed by atoms with van der Waals surface area (Å²) in [6.45, 7) is 7.03. The van der Waals surface area contributed by atoms with Crippen LogP contribution in [0.25, 0.3) is 0 Å². The van der Waals surface area contributed by atoms with Gasteiger partial charge in [-0.05, 0) is 67.6 Å². The number of carbonyl (C=O) groups is 3. The first-order valence-corrected chi connectivity index (χ1v) is 12.5. The van der Waals surface area contributed by atoms with Gasteiger partial charge in [-0.3, -0.25) is 14.4 Å². The molecule has 6 nitrogen and oxygen atoms in total. The lowest BCUT2D eigenvalue weighted by atomic mass is 9.45. The number of fused-ring (bicyclic) bond motifs is 5. The SMILES string of the molecule is CCCCC(=O)OCC(=O)[C@H]1[C@H](C)C[C@H]2[C@@H]3C[C@H](F)C4=CC(=O)C=C[C@]4(C)[C@@]3(F)[C@@H](O)C[C@@]21C.O. The maximum Gasteiger partial charge on any atom is 0.306 e. The minimum atomic E-state index is -2.15. The van der Waals surface area contributed by atoms with Crippen LogP contribution in [-0.2, 0) is 19.1 Å². The number of hydrogen-bond acceptors (Lipinski definition) is 5. The fraction of sp³-hybridized carbons (Fsp3) is 0.741. The van der Waals surface area contributed by atoms with Gasteiger partial charge in [-0.15, -0.1) is 0 Å². The van der Waals surface area contributed by atoms with E-state index in [-0.39, 0.29) is 60.3 Å². The van der Waals surface area contributed by atoms with E-state index in [9.17, 15) is 19.5 Å². The van der Waals surface area contributed by atoms with Crippen LogP contribution in [0.3, 0.4) is 0 Å². The molecule has 4 aliphatic rings. The molecule has 0 amide bonds. The van der Waals surface area contributed by atoms with E-state index in [1.807, 2.05) is 20.8 Å². The normalized spacial score (nSPS) is 43.9. The third-order valence-corrected chi connectivity index (χ3v) is 9.43. The standard InChI is InChI=1S/C27H36F2O5.H2O/c1-5-6-7-23(33)34-14-21(31)24-15(2)10-17-18-12-20(28)19-11-16(30)8-9-26(19,4)27(18,29)22(32)13-25(17,24)3;/h8-9,11,15,17-18,20,22,24,32H,5-7,10,12-14H2,1-4H3;1H2/t15-,17+,18+,20+,22+,24-,25+,26+,27+;/m1./s1. The van der Waals surface area contributed by atoms with Gasteiger partial charge in [0.15, 0.2) is 17.2 Å². The van der Waals surface area contributed by atoms with Crippen LogP contribution < -0.4 is 0 Å². The van der Waals surface area contributed by atoms with Gasteiger partial charge in [-0.25, -0.2) is 8.78 Å². The first kappa shape index (κ1) is 27.7. The molecule has 8 heteroatoms. The lowest BCUT2D eigenvalue weighted by molar-refractivity contribution is -0.202. The highest BCUT2D eigenvalue weighted by atomic mass is 19.1. The van der Waals surface area contributed by atoms with Crippen molar-refractivity contribution in [3.8, 4) is 0 Å². The lowest BCUT2D eigenvalue weighted by Gasteiger charge is -2.62. The summed E-state index contributed by atoms with van der Waals surface area (Å²) in [5.74, 6) is -2.75. The Morgan fingerprint density at radius 3 is 2.57 bits per heavy atom. The third-order valence-electron chi connectivity index (χ3n) is 9.43. The average molecular weight is 497 g/mol. The molecule has 0 aliphatic heterocycles. The monoisotopic (exact) mass is 496 g/mol. The first-order chi connectivity index (χ1) is 15.9. The Labute approximate surface area is 205 Å². The van der Waals surface area contributed by atoms with Crippen LogP contribution in [0.5, 0.6) is 0 Å². The van der Waals surface area contributed by atoms with Gasteiger partial charge in [0.05, 0.1) is 6.10 Å². The lowest BCUT2D eigenvalue weighted by Crippen LogP contribution is -2.68. The van der Waals surface area contributed by atoms with E-state index in [1.54, 1.807) is 6.92 Å². The fourth-order valence-corrected chi connectivity index (χ4v) is 7.89. The number of unbranched alkanes of at least 4 members (excludes halogenated alkanes) is 1. The number of rotatable bonds is 6. The second kappa shape index (κ2) is 9.51. The second-order valence-corrected chi connectivity index (χ2v) is 11.4. The third kappa shape index (κ3) is 4.01. The number of ketones is 2. The van der Waals surface area contributed by atoms with Crippen molar-refractivity contribution in [1.29, 1.82) is 0 Å². The number of alkyl halides is 2. The zero-order chi connectivity index (χ0) is 25.1. The highest BCUT2D eigenvalue weighted by Gasteiger charge is 2.73. The first-order valence-electron chi connectivity index (χ1n) is 12.5. The van der Waals surface area contributed by atoms with Crippen LogP contribution in [0.15, 0.2) is 23.8 Å². The largest absolute Gasteiger partial charge is 0.458 e. The number of esters is 1. The number of aliphatic hydroxyl groups excluding tert-OH is 1. The molecule has 0 spiro atoms. The molecule has 196 valence electrons. The molecule has 0 aromatic carbocycles. The van der Waals surface area contributed by atoms with Gasteiger partial charge in [0.2, 0.25) is 0 Å². The molecule has 0 aromatic rings. The van der Waals surface area contributed by atoms with E-state index < -0.39 is 46.6 Å². The fourth-order valence-electron chi connectivity index (χ4n) is 7.89. The number of carbonyl (C=O) groups excluding carboxylic acids is 3. The molecule has 35 heavy (non-hydrogen) atoms. The molecule has 0 heterocycles. The summed E-state index contributed by atoms with van der Waals surface area (Å²) in [5.41, 5.74) is -4.21. The molecule has 3 saturated carbocycles. The van der Waals surface area contributed by atoms with E-state index in [1.165, 1.54) is 18.2 Å². The van der Waals surface area contributed by atoms with Gasteiger partial charge >= 0.3 is 5.97 Å². The van der Waals surface area contributed by atoms with E-state index in [0.717, 1.165) is 6.42 Å². The molecule has 0 saturated heterocycles. The van der Waals surface area contributed by atoms with Gasteiger partial charge in [-0.1, -0.05) is 33.3 Å². The van der Waals surface area contributed by atoms with Crippen LogP contribution in [0, 0.1) is 34.5 Å². The van der Waals surface area contributed by atoms with Crippen LogP contribution in [0.1, 0.15) is 66.2 Å². The number of Topliss-reactive ketones (excluding diaryl/α,β-unsaturated/α-hetero) is 1. The summed E-state index contributed by atoms with van der Waals surface area (Å²) >= 11 is 0. The minimum Gasteiger partial charge on any atom is -0.458 e. The molecule has 4 aliphatic carbocycles. The summed E-state index contributed by atoms with van der Waals surface area (Å²) in [6.07, 6.45) is 3.20. The molecule has 0 aromatic heterocycles. The molecule has 0 radical (unpaired) electrons. The Bertz CT molecular complexity index is 946. The topological polar surface area (TPSA) is 112 Å². The molecule has 3 fully saturated rings. The summed E-state index contributed by atoms with van der Waals surface area (Å²) in [7, 11) is 0. The Morgan fingerprint density at radius 2 is 1.91 bits per heavy atom. The Balaban J connectivity index is 0.00000342. The summed E-state index contributed by atoms with van der Waals surface area (Å²) in [6, 6.07) is 0. The number of hydrogen-bond donors (Lipinski definition) is 1. The van der Waals surface area contributed by atoms with E-state index >= 15 is 8.78 Å². The van der Waals surface area contributed by atoms with Crippen molar-refractivity contribution < 1.29 is 38.5 Å².